The fraction of sp³-hybridized carbons (Fsp3) is 0.857. The number of esters is 1. The summed E-state index contributed by atoms with van der Waals surface area (Å²) in [6.07, 6.45) is 6.81. The molecule has 0 atom stereocenters. The van der Waals surface area contributed by atoms with Crippen molar-refractivity contribution in [1.29, 1.82) is 0 Å². The summed E-state index contributed by atoms with van der Waals surface area (Å²) in [7, 11) is 0. The van der Waals surface area contributed by atoms with Gasteiger partial charge in [0.2, 0.25) is 0 Å². The lowest BCUT2D eigenvalue weighted by Crippen LogP contribution is -2.08. The molecule has 0 spiro atoms. The van der Waals surface area contributed by atoms with Crippen LogP contribution in [-0.2, 0) is 14.3 Å². The van der Waals surface area contributed by atoms with Gasteiger partial charge in [-0.2, -0.15) is 0 Å². The fourth-order valence-corrected chi connectivity index (χ4v) is 1.28. The maximum absolute atomic E-state index is 10.8. The standard InChI is InChI=1S/C8H14O5.C6H14/c9-5-6-13-8(12)4-2-1-3-7(10)11;1-3-5-6-4-2/h9H,1-6H2,(H,10,11);3-6H2,1-2H3. The zero-order valence-electron chi connectivity index (χ0n) is 12.2. The fourth-order valence-electron chi connectivity index (χ4n) is 1.28. The van der Waals surface area contributed by atoms with Gasteiger partial charge in [-0.3, -0.25) is 9.59 Å². The number of aliphatic carboxylic acids is 1. The summed E-state index contributed by atoms with van der Waals surface area (Å²) >= 11 is 0. The molecule has 5 heteroatoms. The summed E-state index contributed by atoms with van der Waals surface area (Å²) in [4.78, 5) is 20.8. The molecule has 0 fully saturated rings. The molecular weight excluding hydrogens is 248 g/mol. The first-order chi connectivity index (χ1) is 9.08. The SMILES string of the molecule is CCCCCC.O=C(O)CCCCC(=O)OCCO. The van der Waals surface area contributed by atoms with Gasteiger partial charge in [0.05, 0.1) is 6.61 Å². The van der Waals surface area contributed by atoms with Crippen LogP contribution in [0.1, 0.15) is 65.2 Å². The number of carbonyl (C=O) groups excluding carboxylic acids is 1. The van der Waals surface area contributed by atoms with Crippen molar-refractivity contribution in [1.82, 2.24) is 0 Å². The molecule has 0 aliphatic heterocycles. The Labute approximate surface area is 116 Å². The normalized spacial score (nSPS) is 9.42. The second-order valence-corrected chi connectivity index (χ2v) is 4.25. The lowest BCUT2D eigenvalue weighted by Gasteiger charge is -2.01. The number of carboxylic acids is 1. The monoisotopic (exact) mass is 276 g/mol. The number of hydrogen-bond donors (Lipinski definition) is 2. The average Bonchev–Trinajstić information content (AvgIpc) is 2.39. The van der Waals surface area contributed by atoms with E-state index < -0.39 is 5.97 Å². The molecule has 0 heterocycles. The van der Waals surface area contributed by atoms with Gasteiger partial charge in [-0.25, -0.2) is 0 Å². The van der Waals surface area contributed by atoms with E-state index in [-0.39, 0.29) is 32.0 Å². The minimum Gasteiger partial charge on any atom is -0.481 e. The Morgan fingerprint density at radius 1 is 0.947 bits per heavy atom. The van der Waals surface area contributed by atoms with Gasteiger partial charge in [0.25, 0.3) is 0 Å². The van der Waals surface area contributed by atoms with Gasteiger partial charge in [0.1, 0.15) is 6.61 Å². The van der Waals surface area contributed by atoms with Crippen LogP contribution in [0, 0.1) is 0 Å². The number of unbranched alkanes of at least 4 members (excludes halogenated alkanes) is 4. The van der Waals surface area contributed by atoms with Crippen LogP contribution in [0.4, 0.5) is 0 Å². The van der Waals surface area contributed by atoms with Crippen LogP contribution in [-0.4, -0.2) is 35.4 Å². The lowest BCUT2D eigenvalue weighted by molar-refractivity contribution is -0.145. The molecule has 0 amide bonds. The summed E-state index contributed by atoms with van der Waals surface area (Å²) < 4.78 is 4.56. The Hall–Kier alpha value is -1.10. The molecule has 114 valence electrons. The number of aliphatic hydroxyl groups excluding tert-OH is 1. The van der Waals surface area contributed by atoms with E-state index in [0.717, 1.165) is 0 Å². The van der Waals surface area contributed by atoms with Crippen LogP contribution in [0.5, 0.6) is 0 Å². The van der Waals surface area contributed by atoms with Crippen molar-refractivity contribution < 1.29 is 24.5 Å². The Kier molecular flexibility index (Phi) is 18.0. The molecule has 0 unspecified atom stereocenters. The van der Waals surface area contributed by atoms with E-state index in [4.69, 9.17) is 10.2 Å². The highest BCUT2D eigenvalue weighted by atomic mass is 16.5. The van der Waals surface area contributed by atoms with Crippen LogP contribution in [0.15, 0.2) is 0 Å². The smallest absolute Gasteiger partial charge is 0.305 e. The van der Waals surface area contributed by atoms with Crippen LogP contribution in [0.3, 0.4) is 0 Å². The maximum atomic E-state index is 10.8. The van der Waals surface area contributed by atoms with Crippen molar-refractivity contribution in [2.24, 2.45) is 0 Å². The number of ether oxygens (including phenoxy) is 1. The summed E-state index contributed by atoms with van der Waals surface area (Å²) in [6, 6.07) is 0. The molecule has 0 radical (unpaired) electrons. The van der Waals surface area contributed by atoms with Crippen molar-refractivity contribution in [2.45, 2.75) is 65.2 Å². The van der Waals surface area contributed by atoms with Crippen LogP contribution in [0.2, 0.25) is 0 Å². The van der Waals surface area contributed by atoms with E-state index in [1.54, 1.807) is 0 Å². The van der Waals surface area contributed by atoms with Gasteiger partial charge in [-0.1, -0.05) is 39.5 Å². The van der Waals surface area contributed by atoms with Gasteiger partial charge in [0, 0.05) is 12.8 Å². The van der Waals surface area contributed by atoms with Gasteiger partial charge in [-0.15, -0.1) is 0 Å². The molecule has 19 heavy (non-hydrogen) atoms. The summed E-state index contributed by atoms with van der Waals surface area (Å²) in [5.41, 5.74) is 0. The predicted molar refractivity (Wildman–Crippen MR) is 74.0 cm³/mol. The second kappa shape index (κ2) is 16.9. The van der Waals surface area contributed by atoms with Gasteiger partial charge < -0.3 is 14.9 Å². The number of rotatable bonds is 10. The van der Waals surface area contributed by atoms with E-state index >= 15 is 0 Å². The van der Waals surface area contributed by atoms with Crippen molar-refractivity contribution in [3.05, 3.63) is 0 Å². The average molecular weight is 276 g/mol. The highest BCUT2D eigenvalue weighted by molar-refractivity contribution is 5.69. The molecule has 0 aliphatic carbocycles. The summed E-state index contributed by atoms with van der Waals surface area (Å²) in [5, 5.41) is 16.6. The first-order valence-electron chi connectivity index (χ1n) is 7.06. The Balaban J connectivity index is 0. The minimum absolute atomic E-state index is 0.0117. The lowest BCUT2D eigenvalue weighted by atomic mass is 10.2. The predicted octanol–water partition coefficient (Wildman–Crippen LogP) is 2.75. The quantitative estimate of drug-likeness (QED) is 0.473. The topological polar surface area (TPSA) is 83.8 Å². The van der Waals surface area contributed by atoms with Crippen molar-refractivity contribution in [2.75, 3.05) is 13.2 Å². The van der Waals surface area contributed by atoms with E-state index in [1.807, 2.05) is 0 Å². The van der Waals surface area contributed by atoms with Crippen molar-refractivity contribution >= 4 is 11.9 Å². The number of hydrogen-bond acceptors (Lipinski definition) is 4. The molecule has 0 bridgehead atoms. The molecule has 0 saturated heterocycles. The highest BCUT2D eigenvalue weighted by Gasteiger charge is 2.03. The molecule has 0 aromatic heterocycles. The Bertz CT molecular complexity index is 212. The van der Waals surface area contributed by atoms with Crippen LogP contribution >= 0.6 is 0 Å². The number of carboxylic acid groups (broad SMARTS) is 1. The zero-order chi connectivity index (χ0) is 14.9. The van der Waals surface area contributed by atoms with E-state index in [2.05, 4.69) is 18.6 Å². The molecule has 5 nitrogen and oxygen atoms in total. The van der Waals surface area contributed by atoms with Crippen LogP contribution in [0.25, 0.3) is 0 Å². The molecule has 0 saturated carbocycles. The largest absolute Gasteiger partial charge is 0.481 e. The number of carbonyl (C=O) groups is 2. The number of aliphatic hydroxyl groups is 1. The maximum Gasteiger partial charge on any atom is 0.305 e. The first kappa shape index (κ1) is 20.2. The first-order valence-corrected chi connectivity index (χ1v) is 7.06. The highest BCUT2D eigenvalue weighted by Crippen LogP contribution is 2.01. The third-order valence-electron chi connectivity index (χ3n) is 2.33. The van der Waals surface area contributed by atoms with Crippen molar-refractivity contribution in [3.63, 3.8) is 0 Å². The molecule has 0 aliphatic rings. The third-order valence-corrected chi connectivity index (χ3v) is 2.33. The summed E-state index contributed by atoms with van der Waals surface area (Å²) in [5.74, 6) is -1.25. The van der Waals surface area contributed by atoms with Crippen molar-refractivity contribution in [3.8, 4) is 0 Å². The third kappa shape index (κ3) is 22.5. The van der Waals surface area contributed by atoms with Crippen LogP contribution < -0.4 is 0 Å². The summed E-state index contributed by atoms with van der Waals surface area (Å²) in [6.45, 7) is 4.30. The van der Waals surface area contributed by atoms with E-state index in [9.17, 15) is 9.59 Å². The minimum atomic E-state index is -0.858. The molecule has 2 N–H and O–H groups in total. The Morgan fingerprint density at radius 2 is 1.47 bits per heavy atom. The van der Waals surface area contributed by atoms with Gasteiger partial charge in [0.15, 0.2) is 0 Å². The van der Waals surface area contributed by atoms with Gasteiger partial charge >= 0.3 is 11.9 Å². The van der Waals surface area contributed by atoms with E-state index in [1.165, 1.54) is 25.7 Å². The molecule has 0 rings (SSSR count). The molecule has 0 aromatic rings. The molecule has 0 aromatic carbocycles. The second-order valence-electron chi connectivity index (χ2n) is 4.25. The zero-order valence-corrected chi connectivity index (χ0v) is 12.2. The Morgan fingerprint density at radius 3 is 1.89 bits per heavy atom. The van der Waals surface area contributed by atoms with Gasteiger partial charge in [-0.05, 0) is 12.8 Å². The van der Waals surface area contributed by atoms with E-state index in [0.29, 0.717) is 12.8 Å². The molecular formula is C14H28O5.